The SMILES string of the molecule is Cc1noc(C)c1NC(=O)Nc1ccc2c(c1)C(=O)N([C@@H](C)CNCC(C)(C)C)C[C@@H](C)[C@H](CN(C)S(=O)(=O)c1ccc(F)cc1)OCCCC[C@H](C)O2. The van der Waals surface area contributed by atoms with Crippen LogP contribution in [0.1, 0.15) is 82.6 Å². The Balaban J connectivity index is 1.68. The highest BCUT2D eigenvalue weighted by molar-refractivity contribution is 7.89. The molecule has 4 atom stereocenters. The van der Waals surface area contributed by atoms with Crippen LogP contribution in [-0.2, 0) is 14.8 Å². The third-order valence-electron chi connectivity index (χ3n) is 9.37. The van der Waals surface area contributed by atoms with Crippen molar-refractivity contribution >= 4 is 33.3 Å². The maximum atomic E-state index is 14.8. The van der Waals surface area contributed by atoms with Gasteiger partial charge in [0.05, 0.1) is 22.7 Å². The lowest BCUT2D eigenvalue weighted by atomic mass is 9.97. The maximum absolute atomic E-state index is 14.8. The molecule has 3 aromatic rings. The Kier molecular flexibility index (Phi) is 14.6. The van der Waals surface area contributed by atoms with Gasteiger partial charge in [-0.15, -0.1) is 0 Å². The smallest absolute Gasteiger partial charge is 0.323 e. The van der Waals surface area contributed by atoms with Crippen LogP contribution < -0.4 is 20.7 Å². The summed E-state index contributed by atoms with van der Waals surface area (Å²) in [6.07, 6.45) is 1.37. The number of benzene rings is 2. The number of urea groups is 1. The molecule has 15 heteroatoms. The molecule has 0 bridgehead atoms. The zero-order valence-electron chi connectivity index (χ0n) is 33.0. The molecule has 0 aliphatic carbocycles. The maximum Gasteiger partial charge on any atom is 0.323 e. The average Bonchev–Trinajstić information content (AvgIpc) is 3.41. The molecule has 13 nitrogen and oxygen atoms in total. The van der Waals surface area contributed by atoms with Gasteiger partial charge in [-0.3, -0.25) is 4.79 Å². The number of rotatable bonds is 10. The van der Waals surface area contributed by atoms with Crippen LogP contribution in [0.4, 0.5) is 20.6 Å². The Morgan fingerprint density at radius 2 is 1.80 bits per heavy atom. The van der Waals surface area contributed by atoms with Gasteiger partial charge in [-0.05, 0) is 94.8 Å². The molecule has 1 aliphatic heterocycles. The van der Waals surface area contributed by atoms with E-state index in [4.69, 9.17) is 14.0 Å². The second-order valence-electron chi connectivity index (χ2n) is 15.5. The van der Waals surface area contributed by atoms with Crippen molar-refractivity contribution < 1.29 is 36.4 Å². The van der Waals surface area contributed by atoms with Gasteiger partial charge in [0.25, 0.3) is 5.91 Å². The number of ether oxygens (including phenoxy) is 2. The van der Waals surface area contributed by atoms with Gasteiger partial charge in [-0.25, -0.2) is 17.6 Å². The third kappa shape index (κ3) is 11.7. The number of likely N-dealkylation sites (N-methyl/N-ethyl adjacent to an activating group) is 1. The Bertz CT molecular complexity index is 1810. The Morgan fingerprint density at radius 1 is 1.09 bits per heavy atom. The minimum absolute atomic E-state index is 0.0104. The minimum Gasteiger partial charge on any atom is -0.490 e. The number of amides is 3. The lowest BCUT2D eigenvalue weighted by Crippen LogP contribution is -2.50. The molecule has 1 aromatic heterocycles. The zero-order chi connectivity index (χ0) is 39.8. The number of hydrogen-bond donors (Lipinski definition) is 3. The van der Waals surface area contributed by atoms with Crippen molar-refractivity contribution in [3.05, 3.63) is 65.3 Å². The number of aromatic nitrogens is 1. The molecule has 2 heterocycles. The molecule has 0 unspecified atom stereocenters. The van der Waals surface area contributed by atoms with E-state index >= 15 is 0 Å². The van der Waals surface area contributed by atoms with Gasteiger partial charge in [0.15, 0.2) is 5.76 Å². The number of hydrogen-bond acceptors (Lipinski definition) is 9. The summed E-state index contributed by atoms with van der Waals surface area (Å²) in [5, 5.41) is 13.0. The zero-order valence-corrected chi connectivity index (χ0v) is 33.8. The number of carbonyl (C=O) groups is 2. The summed E-state index contributed by atoms with van der Waals surface area (Å²) in [6, 6.07) is 8.91. The summed E-state index contributed by atoms with van der Waals surface area (Å²) in [7, 11) is -2.48. The van der Waals surface area contributed by atoms with Crippen LogP contribution in [0.25, 0.3) is 0 Å². The van der Waals surface area contributed by atoms with Crippen LogP contribution in [0.3, 0.4) is 0 Å². The number of anilines is 2. The van der Waals surface area contributed by atoms with Gasteiger partial charge >= 0.3 is 6.03 Å². The van der Waals surface area contributed by atoms with Crippen molar-refractivity contribution in [2.75, 3.05) is 50.5 Å². The van der Waals surface area contributed by atoms with Gasteiger partial charge in [-0.2, -0.15) is 4.31 Å². The van der Waals surface area contributed by atoms with Crippen molar-refractivity contribution in [3.8, 4) is 5.75 Å². The predicted octanol–water partition coefficient (Wildman–Crippen LogP) is 6.83. The van der Waals surface area contributed by atoms with Crippen molar-refractivity contribution in [1.29, 1.82) is 0 Å². The van der Waals surface area contributed by atoms with Crippen LogP contribution in [0.5, 0.6) is 5.75 Å². The molecular weight excluding hydrogens is 716 g/mol. The minimum atomic E-state index is -3.96. The van der Waals surface area contributed by atoms with Crippen molar-refractivity contribution in [1.82, 2.24) is 19.7 Å². The first-order chi connectivity index (χ1) is 25.4. The van der Waals surface area contributed by atoms with Crippen LogP contribution >= 0.6 is 0 Å². The van der Waals surface area contributed by atoms with Gasteiger partial charge in [0.1, 0.15) is 22.9 Å². The second kappa shape index (κ2) is 18.5. The summed E-state index contributed by atoms with van der Waals surface area (Å²) < 4.78 is 59.9. The van der Waals surface area contributed by atoms with E-state index in [-0.39, 0.29) is 52.9 Å². The van der Waals surface area contributed by atoms with E-state index in [1.54, 1.807) is 36.9 Å². The number of nitrogens with one attached hydrogen (secondary N) is 3. The molecule has 1 aliphatic rings. The van der Waals surface area contributed by atoms with Gasteiger partial charge < -0.3 is 34.8 Å². The van der Waals surface area contributed by atoms with Crippen LogP contribution in [0.15, 0.2) is 51.9 Å². The molecule has 0 saturated heterocycles. The van der Waals surface area contributed by atoms with E-state index in [9.17, 15) is 22.4 Å². The second-order valence-corrected chi connectivity index (χ2v) is 17.6. The van der Waals surface area contributed by atoms with Gasteiger partial charge in [0.2, 0.25) is 10.0 Å². The van der Waals surface area contributed by atoms with Crippen LogP contribution in [0.2, 0.25) is 0 Å². The topological polar surface area (TPSA) is 155 Å². The number of nitrogens with zero attached hydrogens (tertiary/aromatic N) is 3. The van der Waals surface area contributed by atoms with Crippen LogP contribution in [-0.4, -0.2) is 92.8 Å². The molecule has 3 amide bonds. The molecule has 0 saturated carbocycles. The summed E-state index contributed by atoms with van der Waals surface area (Å²) in [6.45, 7) is 17.5. The monoisotopic (exact) mass is 772 g/mol. The Labute approximate surface area is 319 Å². The highest BCUT2D eigenvalue weighted by Gasteiger charge is 2.33. The first kappa shape index (κ1) is 42.7. The molecule has 54 heavy (non-hydrogen) atoms. The van der Waals surface area contributed by atoms with E-state index in [0.29, 0.717) is 48.2 Å². The van der Waals surface area contributed by atoms with E-state index in [1.807, 2.05) is 20.8 Å². The molecule has 0 spiro atoms. The van der Waals surface area contributed by atoms with Crippen molar-refractivity contribution in [2.24, 2.45) is 11.3 Å². The van der Waals surface area contributed by atoms with Crippen molar-refractivity contribution in [3.63, 3.8) is 0 Å². The molecule has 2 aromatic carbocycles. The molecule has 0 radical (unpaired) electrons. The molecule has 0 fully saturated rings. The summed E-state index contributed by atoms with van der Waals surface area (Å²) in [4.78, 5) is 29.6. The first-order valence-electron chi connectivity index (χ1n) is 18.5. The van der Waals surface area contributed by atoms with Crippen LogP contribution in [0, 0.1) is 31.0 Å². The fourth-order valence-corrected chi connectivity index (χ4v) is 7.39. The Morgan fingerprint density at radius 3 is 2.44 bits per heavy atom. The number of sulfonamides is 1. The number of fused-ring (bicyclic) bond motifs is 1. The highest BCUT2D eigenvalue weighted by atomic mass is 32.2. The van der Waals surface area contributed by atoms with E-state index in [1.165, 1.54) is 23.5 Å². The number of aryl methyl sites for hydroxylation is 2. The molecule has 4 rings (SSSR count). The first-order valence-corrected chi connectivity index (χ1v) is 20.0. The summed E-state index contributed by atoms with van der Waals surface area (Å²) in [5.41, 5.74) is 1.66. The van der Waals surface area contributed by atoms with Gasteiger partial charge in [-0.1, -0.05) is 32.9 Å². The van der Waals surface area contributed by atoms with E-state index in [0.717, 1.165) is 31.5 Å². The third-order valence-corrected chi connectivity index (χ3v) is 11.2. The lowest BCUT2D eigenvalue weighted by molar-refractivity contribution is -0.00607. The molecule has 298 valence electrons. The summed E-state index contributed by atoms with van der Waals surface area (Å²) in [5.74, 6) is -0.304. The van der Waals surface area contributed by atoms with E-state index < -0.39 is 28.0 Å². The molecular formula is C39H57FN6O7S. The Hall–Kier alpha value is -4.05. The number of carbonyl (C=O) groups excluding carboxylic acids is 2. The standard InChI is InChI=1S/C39H57FN6O7S/c1-25-22-46(26(2)21-41-24-39(6,7)8)37(47)33-20-31(42-38(48)43-36-28(4)44-53-29(36)5)15-18-34(33)52-27(3)12-10-11-19-51-35(25)23-45(9)54(49,50)32-16-13-30(40)14-17-32/h13-18,20,25-27,35,41H,10-12,19,21-24H2,1-9H3,(H2,42,43,48)/t25-,26+,27+,35+/m1/s1. The summed E-state index contributed by atoms with van der Waals surface area (Å²) >= 11 is 0. The van der Waals surface area contributed by atoms with E-state index in [2.05, 4.69) is 41.9 Å². The van der Waals surface area contributed by atoms with Gasteiger partial charge in [0, 0.05) is 57.5 Å². The van der Waals surface area contributed by atoms with Crippen molar-refractivity contribution in [2.45, 2.75) is 97.8 Å². The quantitative estimate of drug-likeness (QED) is 0.201. The highest BCUT2D eigenvalue weighted by Crippen LogP contribution is 2.29. The lowest BCUT2D eigenvalue weighted by Gasteiger charge is -2.36. The fraction of sp³-hybridized carbons (Fsp3) is 0.564. The number of halogens is 1. The largest absolute Gasteiger partial charge is 0.490 e. The molecule has 3 N–H and O–H groups in total. The normalized spacial score (nSPS) is 19.8. The average molecular weight is 773 g/mol. The fourth-order valence-electron chi connectivity index (χ4n) is 6.21. The predicted molar refractivity (Wildman–Crippen MR) is 207 cm³/mol.